The molecule has 1 unspecified atom stereocenters. The summed E-state index contributed by atoms with van der Waals surface area (Å²) in [5.74, 6) is 1.71. The molecule has 0 aromatic carbocycles. The molecule has 2 aromatic heterocycles. The number of rotatable bonds is 7. The second-order valence-corrected chi connectivity index (χ2v) is 9.28. The molecule has 4 rings (SSSR count). The van der Waals surface area contributed by atoms with E-state index in [0.29, 0.717) is 29.6 Å². The molecule has 6 nitrogen and oxygen atoms in total. The van der Waals surface area contributed by atoms with Crippen LogP contribution in [-0.4, -0.2) is 47.6 Å². The molecule has 0 spiro atoms. The lowest BCUT2D eigenvalue weighted by Crippen LogP contribution is -2.32. The number of halogens is 1. The van der Waals surface area contributed by atoms with Crippen molar-refractivity contribution in [3.8, 4) is 11.3 Å². The van der Waals surface area contributed by atoms with Gasteiger partial charge < -0.3 is 15.4 Å². The lowest BCUT2D eigenvalue weighted by Gasteiger charge is -2.32. The van der Waals surface area contributed by atoms with Crippen molar-refractivity contribution in [2.24, 2.45) is 11.8 Å². The molecule has 7 heteroatoms. The molecule has 31 heavy (non-hydrogen) atoms. The molecule has 2 fully saturated rings. The summed E-state index contributed by atoms with van der Waals surface area (Å²) >= 11 is 6.45. The fourth-order valence-electron chi connectivity index (χ4n) is 4.67. The molecule has 0 saturated carbocycles. The fourth-order valence-corrected chi connectivity index (χ4v) is 4.87. The highest BCUT2D eigenvalue weighted by Gasteiger charge is 2.25. The van der Waals surface area contributed by atoms with E-state index in [-0.39, 0.29) is 11.7 Å². The van der Waals surface area contributed by atoms with E-state index in [1.165, 1.54) is 0 Å². The van der Waals surface area contributed by atoms with Crippen LogP contribution >= 0.6 is 11.6 Å². The van der Waals surface area contributed by atoms with Crippen molar-refractivity contribution >= 4 is 23.2 Å². The average molecular weight is 443 g/mol. The molecule has 4 atom stereocenters. The third-order valence-corrected chi connectivity index (χ3v) is 6.48. The summed E-state index contributed by atoms with van der Waals surface area (Å²) in [6, 6.07) is 7.79. The largest absolute Gasteiger partial charge is 0.376 e. The molecule has 2 saturated heterocycles. The lowest BCUT2D eigenvalue weighted by atomic mass is 9.92. The number of anilines is 1. The first kappa shape index (κ1) is 22.2. The number of nitrogens with one attached hydrogen (secondary N) is 2. The Bertz CT molecular complexity index is 906. The van der Waals surface area contributed by atoms with E-state index in [0.717, 1.165) is 61.7 Å². The molecule has 0 amide bonds. The zero-order valence-electron chi connectivity index (χ0n) is 18.2. The first-order valence-electron chi connectivity index (χ1n) is 11.2. The Morgan fingerprint density at radius 2 is 2.10 bits per heavy atom. The summed E-state index contributed by atoms with van der Waals surface area (Å²) in [4.78, 5) is 21.7. The summed E-state index contributed by atoms with van der Waals surface area (Å²) in [5, 5.41) is 7.27. The van der Waals surface area contributed by atoms with Crippen molar-refractivity contribution < 1.29 is 9.53 Å². The number of carbonyl (C=O) groups excluding carboxylic acids is 1. The van der Waals surface area contributed by atoms with Gasteiger partial charge in [0.15, 0.2) is 0 Å². The van der Waals surface area contributed by atoms with Gasteiger partial charge in [-0.3, -0.25) is 9.78 Å². The maximum Gasteiger partial charge on any atom is 0.143 e. The summed E-state index contributed by atoms with van der Waals surface area (Å²) in [7, 11) is 0. The highest BCUT2D eigenvalue weighted by atomic mass is 35.5. The van der Waals surface area contributed by atoms with E-state index >= 15 is 0 Å². The second kappa shape index (κ2) is 10.1. The van der Waals surface area contributed by atoms with Crippen molar-refractivity contribution in [2.45, 2.75) is 51.7 Å². The normalized spacial score (nSPS) is 26.0. The van der Waals surface area contributed by atoms with Gasteiger partial charge in [0.05, 0.1) is 22.9 Å². The zero-order chi connectivity index (χ0) is 21.8. The summed E-state index contributed by atoms with van der Waals surface area (Å²) < 4.78 is 5.84. The molecule has 0 aliphatic carbocycles. The van der Waals surface area contributed by atoms with Gasteiger partial charge in [0, 0.05) is 42.9 Å². The van der Waals surface area contributed by atoms with E-state index in [1.807, 2.05) is 24.3 Å². The number of ketones is 1. The lowest BCUT2D eigenvalue weighted by molar-refractivity contribution is -0.121. The van der Waals surface area contributed by atoms with E-state index in [9.17, 15) is 4.79 Å². The minimum Gasteiger partial charge on any atom is -0.376 e. The first-order valence-corrected chi connectivity index (χ1v) is 11.6. The van der Waals surface area contributed by atoms with E-state index in [1.54, 1.807) is 6.20 Å². The fraction of sp³-hybridized carbons (Fsp3) is 0.542. The van der Waals surface area contributed by atoms with Crippen molar-refractivity contribution in [1.29, 1.82) is 0 Å². The van der Waals surface area contributed by atoms with Crippen LogP contribution in [0.2, 0.25) is 5.02 Å². The van der Waals surface area contributed by atoms with Crippen LogP contribution in [0, 0.1) is 11.8 Å². The van der Waals surface area contributed by atoms with Crippen molar-refractivity contribution in [1.82, 2.24) is 15.3 Å². The van der Waals surface area contributed by atoms with Crippen LogP contribution in [0.3, 0.4) is 0 Å². The molecule has 2 aliphatic heterocycles. The molecule has 166 valence electrons. The molecule has 0 radical (unpaired) electrons. The highest BCUT2D eigenvalue weighted by Crippen LogP contribution is 2.29. The minimum atomic E-state index is 0.0854. The Morgan fingerprint density at radius 1 is 1.29 bits per heavy atom. The Balaban J connectivity index is 1.44. The van der Waals surface area contributed by atoms with Gasteiger partial charge in [0.1, 0.15) is 11.6 Å². The first-order chi connectivity index (χ1) is 15.0. The Hall–Kier alpha value is -2.02. The third kappa shape index (κ3) is 5.82. The number of ether oxygens (including phenoxy) is 1. The molecular weight excluding hydrogens is 412 g/mol. The van der Waals surface area contributed by atoms with Gasteiger partial charge in [-0.1, -0.05) is 17.7 Å². The number of carbonyl (C=O) groups is 1. The number of hydrogen-bond acceptors (Lipinski definition) is 6. The maximum atomic E-state index is 12.5. The molecule has 2 aromatic rings. The number of aromatic nitrogens is 2. The van der Waals surface area contributed by atoms with Gasteiger partial charge in [-0.25, -0.2) is 4.98 Å². The molecule has 2 N–H and O–H groups in total. The standard InChI is InChI=1S/C24H31ClN4O2/c1-15-8-17(9-16(2)31-15)12-28-24-5-3-4-22(29-24)20-10-19(27-14-21(20)25)11-23(30)18-6-7-26-13-18/h3-5,10,14-18,26H,6-9,11-13H2,1-2H3,(H,28,29)/t15-,16+,17?,18-/m1/s1. The zero-order valence-corrected chi connectivity index (χ0v) is 19.0. The predicted molar refractivity (Wildman–Crippen MR) is 123 cm³/mol. The average Bonchev–Trinajstić information content (AvgIpc) is 3.28. The van der Waals surface area contributed by atoms with Crippen LogP contribution < -0.4 is 10.6 Å². The Labute approximate surface area is 189 Å². The topological polar surface area (TPSA) is 76.1 Å². The molecule has 0 bridgehead atoms. The monoisotopic (exact) mass is 442 g/mol. The summed E-state index contributed by atoms with van der Waals surface area (Å²) in [5.41, 5.74) is 2.32. The van der Waals surface area contributed by atoms with Crippen LogP contribution in [0.25, 0.3) is 11.3 Å². The van der Waals surface area contributed by atoms with Crippen LogP contribution in [-0.2, 0) is 16.0 Å². The van der Waals surface area contributed by atoms with Crippen molar-refractivity contribution in [2.75, 3.05) is 25.0 Å². The second-order valence-electron chi connectivity index (χ2n) is 8.87. The molecule has 2 aliphatic rings. The number of Topliss-reactive ketones (excluding diaryl/α,β-unsaturated/α-hetero) is 1. The van der Waals surface area contributed by atoms with Gasteiger partial charge in [0.25, 0.3) is 0 Å². The van der Waals surface area contributed by atoms with Gasteiger partial charge in [-0.15, -0.1) is 0 Å². The number of pyridine rings is 2. The van der Waals surface area contributed by atoms with E-state index in [2.05, 4.69) is 29.5 Å². The van der Waals surface area contributed by atoms with Gasteiger partial charge in [-0.2, -0.15) is 0 Å². The van der Waals surface area contributed by atoms with E-state index < -0.39 is 0 Å². The van der Waals surface area contributed by atoms with E-state index in [4.69, 9.17) is 21.3 Å². The smallest absolute Gasteiger partial charge is 0.143 e. The van der Waals surface area contributed by atoms with Gasteiger partial charge in [-0.05, 0) is 63.8 Å². The van der Waals surface area contributed by atoms with Crippen LogP contribution in [0.5, 0.6) is 0 Å². The van der Waals surface area contributed by atoms with Crippen LogP contribution in [0.4, 0.5) is 5.82 Å². The number of nitrogens with zero attached hydrogens (tertiary/aromatic N) is 2. The summed E-state index contributed by atoms with van der Waals surface area (Å²) in [6.07, 6.45) is 5.56. The molecular formula is C24H31ClN4O2. The van der Waals surface area contributed by atoms with Crippen LogP contribution in [0.1, 0.15) is 38.8 Å². The highest BCUT2D eigenvalue weighted by molar-refractivity contribution is 6.33. The molecule has 4 heterocycles. The predicted octanol–water partition coefficient (Wildman–Crippen LogP) is 4.13. The maximum absolute atomic E-state index is 12.5. The summed E-state index contributed by atoms with van der Waals surface area (Å²) in [6.45, 7) is 6.81. The third-order valence-electron chi connectivity index (χ3n) is 6.18. The van der Waals surface area contributed by atoms with Crippen molar-refractivity contribution in [3.05, 3.63) is 41.2 Å². The van der Waals surface area contributed by atoms with Gasteiger partial charge in [0.2, 0.25) is 0 Å². The Morgan fingerprint density at radius 3 is 2.84 bits per heavy atom. The quantitative estimate of drug-likeness (QED) is 0.671. The minimum absolute atomic E-state index is 0.0854. The SMILES string of the molecule is C[C@@H]1CC(CNc2cccc(-c3cc(CC(=O)[C@@H]4CCNC4)ncc3Cl)n2)C[C@H](C)O1. The van der Waals surface area contributed by atoms with Crippen LogP contribution in [0.15, 0.2) is 30.5 Å². The Kier molecular flexibility index (Phi) is 7.20. The number of hydrogen-bond donors (Lipinski definition) is 2. The van der Waals surface area contributed by atoms with Crippen molar-refractivity contribution in [3.63, 3.8) is 0 Å². The van der Waals surface area contributed by atoms with Gasteiger partial charge >= 0.3 is 0 Å².